The fourth-order valence-corrected chi connectivity index (χ4v) is 2.06. The molecule has 1 aliphatic rings. The molecule has 2 rings (SSSR count). The highest BCUT2D eigenvalue weighted by molar-refractivity contribution is 4.89. The normalized spacial score (nSPS) is 18.0. The van der Waals surface area contributed by atoms with Crippen LogP contribution in [0.4, 0.5) is 0 Å². The molecule has 1 saturated heterocycles. The molecule has 5 heteroatoms. The summed E-state index contributed by atoms with van der Waals surface area (Å²) in [5, 5.41) is 4.26. The number of hydrogen-bond donors (Lipinski definition) is 1. The van der Waals surface area contributed by atoms with Gasteiger partial charge >= 0.3 is 0 Å². The molecular formula is C11H21N5. The Morgan fingerprint density at radius 3 is 2.88 bits per heavy atom. The number of hydrogen-bond acceptors (Lipinski definition) is 4. The van der Waals surface area contributed by atoms with Crippen LogP contribution < -0.4 is 5.73 Å². The molecule has 1 fully saturated rings. The quantitative estimate of drug-likeness (QED) is 0.781. The maximum absolute atomic E-state index is 5.61. The molecule has 5 nitrogen and oxygen atoms in total. The lowest BCUT2D eigenvalue weighted by Crippen LogP contribution is -2.49. The van der Waals surface area contributed by atoms with Gasteiger partial charge in [-0.2, -0.15) is 5.10 Å². The first-order valence-electron chi connectivity index (χ1n) is 5.98. The van der Waals surface area contributed by atoms with Crippen molar-refractivity contribution in [2.24, 2.45) is 17.6 Å². The monoisotopic (exact) mass is 223 g/mol. The minimum atomic E-state index is 0.605. The molecule has 0 spiro atoms. The number of likely N-dealkylation sites (tertiary alicyclic amines) is 1. The Bertz CT molecular complexity index is 327. The summed E-state index contributed by atoms with van der Waals surface area (Å²) in [5.41, 5.74) is 5.61. The molecule has 0 radical (unpaired) electrons. The van der Waals surface area contributed by atoms with Gasteiger partial charge in [-0.3, -0.25) is 4.90 Å². The van der Waals surface area contributed by atoms with E-state index in [9.17, 15) is 0 Å². The van der Waals surface area contributed by atoms with Gasteiger partial charge in [-0.05, 0) is 18.4 Å². The summed E-state index contributed by atoms with van der Waals surface area (Å²) in [6, 6.07) is 0. The fourth-order valence-electron chi connectivity index (χ4n) is 2.06. The maximum Gasteiger partial charge on any atom is 0.141 e. The molecule has 1 aromatic heterocycles. The molecule has 2 N–H and O–H groups in total. The summed E-state index contributed by atoms with van der Waals surface area (Å²) in [6.07, 6.45) is 1.65. The SMILES string of the molecule is CC(C)Cn1ncnc1CN1CC(CN)C1. The lowest BCUT2D eigenvalue weighted by atomic mass is 10.0. The van der Waals surface area contributed by atoms with Gasteiger partial charge in [0.2, 0.25) is 0 Å². The van der Waals surface area contributed by atoms with E-state index in [1.807, 2.05) is 4.68 Å². The minimum absolute atomic E-state index is 0.605. The van der Waals surface area contributed by atoms with Gasteiger partial charge in [0, 0.05) is 19.6 Å². The second-order valence-corrected chi connectivity index (χ2v) is 5.05. The zero-order valence-corrected chi connectivity index (χ0v) is 10.1. The standard InChI is InChI=1S/C11H21N5/c1-9(2)4-16-11(13-8-14-16)7-15-5-10(3-12)6-15/h8-10H,3-7,12H2,1-2H3. The van der Waals surface area contributed by atoms with Crippen LogP contribution in [-0.4, -0.2) is 39.3 Å². The Labute approximate surface area is 96.6 Å². The third-order valence-electron chi connectivity index (χ3n) is 2.96. The molecule has 0 bridgehead atoms. The zero-order valence-electron chi connectivity index (χ0n) is 10.1. The third kappa shape index (κ3) is 2.59. The first-order chi connectivity index (χ1) is 7.69. The first kappa shape index (κ1) is 11.5. The van der Waals surface area contributed by atoms with E-state index < -0.39 is 0 Å². The van der Waals surface area contributed by atoms with Gasteiger partial charge in [0.1, 0.15) is 12.2 Å². The Hall–Kier alpha value is -0.940. The van der Waals surface area contributed by atoms with Crippen LogP contribution in [0.5, 0.6) is 0 Å². The minimum Gasteiger partial charge on any atom is -0.330 e. The maximum atomic E-state index is 5.61. The lowest BCUT2D eigenvalue weighted by molar-refractivity contribution is 0.0927. The highest BCUT2D eigenvalue weighted by Gasteiger charge is 2.26. The van der Waals surface area contributed by atoms with Gasteiger partial charge < -0.3 is 5.73 Å². The molecule has 2 heterocycles. The van der Waals surface area contributed by atoms with Crippen molar-refractivity contribution >= 4 is 0 Å². The molecule has 90 valence electrons. The summed E-state index contributed by atoms with van der Waals surface area (Å²) in [4.78, 5) is 6.69. The Morgan fingerprint density at radius 2 is 2.25 bits per heavy atom. The smallest absolute Gasteiger partial charge is 0.141 e. The van der Waals surface area contributed by atoms with E-state index in [2.05, 4.69) is 28.8 Å². The number of nitrogens with zero attached hydrogens (tertiary/aromatic N) is 4. The van der Waals surface area contributed by atoms with Crippen molar-refractivity contribution in [3.05, 3.63) is 12.2 Å². The molecule has 0 aromatic carbocycles. The highest BCUT2D eigenvalue weighted by Crippen LogP contribution is 2.16. The molecule has 0 amide bonds. The average molecular weight is 223 g/mol. The van der Waals surface area contributed by atoms with Crippen LogP contribution in [0.15, 0.2) is 6.33 Å². The second-order valence-electron chi connectivity index (χ2n) is 5.05. The number of rotatable bonds is 5. The van der Waals surface area contributed by atoms with Crippen LogP contribution >= 0.6 is 0 Å². The van der Waals surface area contributed by atoms with Crippen LogP contribution in [0.25, 0.3) is 0 Å². The predicted octanol–water partition coefficient (Wildman–Crippen LogP) is 0.325. The molecule has 0 unspecified atom stereocenters. The molecular weight excluding hydrogens is 202 g/mol. The topological polar surface area (TPSA) is 60.0 Å². The van der Waals surface area contributed by atoms with Crippen molar-refractivity contribution in [1.29, 1.82) is 0 Å². The summed E-state index contributed by atoms with van der Waals surface area (Å²) in [6.45, 7) is 9.25. The summed E-state index contributed by atoms with van der Waals surface area (Å²) < 4.78 is 2.01. The van der Waals surface area contributed by atoms with Gasteiger partial charge in [0.05, 0.1) is 6.54 Å². The van der Waals surface area contributed by atoms with E-state index in [1.165, 1.54) is 0 Å². The highest BCUT2D eigenvalue weighted by atomic mass is 15.4. The van der Waals surface area contributed by atoms with Gasteiger partial charge in [-0.25, -0.2) is 9.67 Å². The van der Waals surface area contributed by atoms with Crippen LogP contribution in [0.3, 0.4) is 0 Å². The third-order valence-corrected chi connectivity index (χ3v) is 2.96. The van der Waals surface area contributed by atoms with E-state index in [0.717, 1.165) is 38.5 Å². The van der Waals surface area contributed by atoms with Crippen LogP contribution in [0.1, 0.15) is 19.7 Å². The van der Waals surface area contributed by atoms with Crippen molar-refractivity contribution in [2.45, 2.75) is 26.9 Å². The van der Waals surface area contributed by atoms with E-state index in [4.69, 9.17) is 5.73 Å². The van der Waals surface area contributed by atoms with Gasteiger partial charge in [0.25, 0.3) is 0 Å². The van der Waals surface area contributed by atoms with E-state index in [-0.39, 0.29) is 0 Å². The van der Waals surface area contributed by atoms with Crippen molar-refractivity contribution in [3.8, 4) is 0 Å². The van der Waals surface area contributed by atoms with E-state index in [0.29, 0.717) is 11.8 Å². The predicted molar refractivity (Wildman–Crippen MR) is 62.7 cm³/mol. The molecule has 1 aliphatic heterocycles. The van der Waals surface area contributed by atoms with Crippen LogP contribution in [-0.2, 0) is 13.1 Å². The lowest BCUT2D eigenvalue weighted by Gasteiger charge is -2.38. The molecule has 0 atom stereocenters. The van der Waals surface area contributed by atoms with E-state index >= 15 is 0 Å². The van der Waals surface area contributed by atoms with Crippen molar-refractivity contribution in [2.75, 3.05) is 19.6 Å². The van der Waals surface area contributed by atoms with Gasteiger partial charge in [0.15, 0.2) is 0 Å². The molecule has 1 aromatic rings. The summed E-state index contributed by atoms with van der Waals surface area (Å²) in [5.74, 6) is 2.36. The Balaban J connectivity index is 1.87. The Morgan fingerprint density at radius 1 is 1.50 bits per heavy atom. The van der Waals surface area contributed by atoms with Crippen molar-refractivity contribution in [3.63, 3.8) is 0 Å². The van der Waals surface area contributed by atoms with E-state index in [1.54, 1.807) is 6.33 Å². The summed E-state index contributed by atoms with van der Waals surface area (Å²) >= 11 is 0. The van der Waals surface area contributed by atoms with Crippen molar-refractivity contribution < 1.29 is 0 Å². The van der Waals surface area contributed by atoms with Gasteiger partial charge in [-0.15, -0.1) is 0 Å². The molecule has 0 aliphatic carbocycles. The fraction of sp³-hybridized carbons (Fsp3) is 0.818. The number of nitrogens with two attached hydrogens (primary N) is 1. The molecule has 0 saturated carbocycles. The second kappa shape index (κ2) is 4.93. The van der Waals surface area contributed by atoms with Gasteiger partial charge in [-0.1, -0.05) is 13.8 Å². The van der Waals surface area contributed by atoms with Crippen LogP contribution in [0, 0.1) is 11.8 Å². The first-order valence-corrected chi connectivity index (χ1v) is 5.98. The Kier molecular flexibility index (Phi) is 3.56. The largest absolute Gasteiger partial charge is 0.330 e. The number of aromatic nitrogens is 3. The zero-order chi connectivity index (χ0) is 11.5. The van der Waals surface area contributed by atoms with Crippen molar-refractivity contribution in [1.82, 2.24) is 19.7 Å². The molecule has 16 heavy (non-hydrogen) atoms. The van der Waals surface area contributed by atoms with Crippen LogP contribution in [0.2, 0.25) is 0 Å². The summed E-state index contributed by atoms with van der Waals surface area (Å²) in [7, 11) is 0. The average Bonchev–Trinajstić information content (AvgIpc) is 2.57.